The number of carbonyl (C=O) groups excluding carboxylic acids is 1. The molecule has 1 fully saturated rings. The smallest absolute Gasteiger partial charge is 0.307 e. The minimum absolute atomic E-state index is 0.0248. The Hall–Kier alpha value is -0.710. The van der Waals surface area contributed by atoms with Gasteiger partial charge in [-0.2, -0.15) is 11.8 Å². The van der Waals surface area contributed by atoms with E-state index in [1.807, 2.05) is 16.7 Å². The van der Waals surface area contributed by atoms with Gasteiger partial charge in [0.2, 0.25) is 5.91 Å². The first kappa shape index (κ1) is 15.3. The van der Waals surface area contributed by atoms with Gasteiger partial charge in [0.25, 0.3) is 0 Å². The molecule has 1 aliphatic heterocycles. The lowest BCUT2D eigenvalue weighted by molar-refractivity contribution is -0.149. The number of hydrogen-bond acceptors (Lipinski definition) is 3. The molecule has 1 amide bonds. The second kappa shape index (κ2) is 5.95. The van der Waals surface area contributed by atoms with Crippen molar-refractivity contribution < 1.29 is 14.7 Å². The van der Waals surface area contributed by atoms with Crippen LogP contribution in [0.2, 0.25) is 0 Å². The van der Waals surface area contributed by atoms with Gasteiger partial charge < -0.3 is 10.0 Å². The van der Waals surface area contributed by atoms with E-state index in [1.54, 1.807) is 13.8 Å². The van der Waals surface area contributed by atoms with Crippen LogP contribution in [0.5, 0.6) is 0 Å². The Labute approximate surface area is 113 Å². The third kappa shape index (κ3) is 3.90. The molecule has 0 aliphatic carbocycles. The summed E-state index contributed by atoms with van der Waals surface area (Å²) < 4.78 is 0.205. The summed E-state index contributed by atoms with van der Waals surface area (Å²) in [7, 11) is 0. The number of nitrogens with zero attached hydrogens (tertiary/aromatic N) is 1. The highest BCUT2D eigenvalue weighted by Gasteiger charge is 2.32. The van der Waals surface area contributed by atoms with E-state index in [4.69, 9.17) is 5.11 Å². The van der Waals surface area contributed by atoms with Crippen LogP contribution in [0.15, 0.2) is 0 Å². The summed E-state index contributed by atoms with van der Waals surface area (Å²) in [5.41, 5.74) is 0. The monoisotopic (exact) mass is 273 g/mol. The lowest BCUT2D eigenvalue weighted by atomic mass is 9.94. The molecule has 1 aliphatic rings. The molecule has 0 aromatic heterocycles. The molecule has 1 saturated heterocycles. The number of carboxylic acids is 1. The summed E-state index contributed by atoms with van der Waals surface area (Å²) in [6.07, 6.45) is 0.956. The zero-order valence-corrected chi connectivity index (χ0v) is 12.4. The quantitative estimate of drug-likeness (QED) is 0.855. The fourth-order valence-electron chi connectivity index (χ4n) is 1.96. The lowest BCUT2D eigenvalue weighted by Crippen LogP contribution is -2.40. The molecule has 5 heteroatoms. The van der Waals surface area contributed by atoms with Crippen molar-refractivity contribution in [1.82, 2.24) is 4.90 Å². The predicted octanol–water partition coefficient (Wildman–Crippen LogP) is 2.09. The minimum Gasteiger partial charge on any atom is -0.481 e. The van der Waals surface area contributed by atoms with Gasteiger partial charge >= 0.3 is 5.97 Å². The second-order valence-electron chi connectivity index (χ2n) is 5.60. The summed E-state index contributed by atoms with van der Waals surface area (Å²) in [4.78, 5) is 25.0. The van der Waals surface area contributed by atoms with E-state index in [9.17, 15) is 9.59 Å². The lowest BCUT2D eigenvalue weighted by Gasteiger charge is -2.26. The van der Waals surface area contributed by atoms with Crippen LogP contribution in [-0.4, -0.2) is 45.5 Å². The third-order valence-corrected chi connectivity index (χ3v) is 5.05. The highest BCUT2D eigenvalue weighted by Crippen LogP contribution is 2.31. The largest absolute Gasteiger partial charge is 0.481 e. The standard InChI is InChI=1S/C13H23NO3S/c1-9(10(2)12(16)17)11(15)14-6-5-13(3,4)18-8-7-14/h9-10H,5-8H2,1-4H3,(H,16,17). The second-order valence-corrected chi connectivity index (χ2v) is 7.40. The summed E-state index contributed by atoms with van der Waals surface area (Å²) in [6.45, 7) is 9.15. The van der Waals surface area contributed by atoms with Gasteiger partial charge in [-0.1, -0.05) is 27.7 Å². The highest BCUT2D eigenvalue weighted by molar-refractivity contribution is 8.00. The molecule has 0 saturated carbocycles. The van der Waals surface area contributed by atoms with E-state index in [1.165, 1.54) is 0 Å². The normalized spacial score (nSPS) is 23.0. The van der Waals surface area contributed by atoms with Crippen LogP contribution < -0.4 is 0 Å². The number of carbonyl (C=O) groups is 2. The SMILES string of the molecule is CC(C(=O)O)C(C)C(=O)N1CCSC(C)(C)CC1. The van der Waals surface area contributed by atoms with Gasteiger partial charge in [-0.15, -0.1) is 0 Å². The van der Waals surface area contributed by atoms with E-state index in [0.29, 0.717) is 0 Å². The van der Waals surface area contributed by atoms with Crippen molar-refractivity contribution in [1.29, 1.82) is 0 Å². The van der Waals surface area contributed by atoms with Gasteiger partial charge in [0.1, 0.15) is 0 Å². The molecular weight excluding hydrogens is 250 g/mol. The summed E-state index contributed by atoms with van der Waals surface area (Å²) >= 11 is 1.88. The van der Waals surface area contributed by atoms with Crippen molar-refractivity contribution in [2.75, 3.05) is 18.8 Å². The van der Waals surface area contributed by atoms with Crippen LogP contribution in [0, 0.1) is 11.8 Å². The van der Waals surface area contributed by atoms with Crippen LogP contribution in [0.25, 0.3) is 0 Å². The number of carboxylic acid groups (broad SMARTS) is 1. The van der Waals surface area contributed by atoms with Gasteiger partial charge in [-0.05, 0) is 6.42 Å². The molecule has 1 N–H and O–H groups in total. The number of hydrogen-bond donors (Lipinski definition) is 1. The molecular formula is C13H23NO3S. The maximum Gasteiger partial charge on any atom is 0.307 e. The molecule has 0 spiro atoms. The van der Waals surface area contributed by atoms with Crippen LogP contribution >= 0.6 is 11.8 Å². The summed E-state index contributed by atoms with van der Waals surface area (Å²) in [6, 6.07) is 0. The molecule has 2 unspecified atom stereocenters. The van der Waals surface area contributed by atoms with Crippen LogP contribution in [0.1, 0.15) is 34.1 Å². The molecule has 104 valence electrons. The average Bonchev–Trinajstić information content (AvgIpc) is 2.47. The molecule has 0 radical (unpaired) electrons. The Balaban J connectivity index is 2.64. The van der Waals surface area contributed by atoms with Gasteiger partial charge in [0, 0.05) is 29.5 Å². The molecule has 18 heavy (non-hydrogen) atoms. The van der Waals surface area contributed by atoms with Gasteiger partial charge in [0.05, 0.1) is 5.92 Å². The predicted molar refractivity (Wildman–Crippen MR) is 73.7 cm³/mol. The number of aliphatic carboxylic acids is 1. The number of amides is 1. The minimum atomic E-state index is -0.902. The summed E-state index contributed by atoms with van der Waals surface area (Å²) in [5.74, 6) is -1.08. The maximum absolute atomic E-state index is 12.3. The van der Waals surface area contributed by atoms with Gasteiger partial charge in [0.15, 0.2) is 0 Å². The van der Waals surface area contributed by atoms with E-state index in [-0.39, 0.29) is 10.7 Å². The van der Waals surface area contributed by atoms with Crippen LogP contribution in [-0.2, 0) is 9.59 Å². The Kier molecular flexibility index (Phi) is 5.08. The summed E-state index contributed by atoms with van der Waals surface area (Å²) in [5, 5.41) is 8.96. The van der Waals surface area contributed by atoms with Crippen molar-refractivity contribution in [2.24, 2.45) is 11.8 Å². The van der Waals surface area contributed by atoms with E-state index in [2.05, 4.69) is 13.8 Å². The Morgan fingerprint density at radius 3 is 2.39 bits per heavy atom. The zero-order valence-electron chi connectivity index (χ0n) is 11.6. The molecule has 1 rings (SSSR count). The Morgan fingerprint density at radius 2 is 1.83 bits per heavy atom. The number of rotatable bonds is 3. The van der Waals surface area contributed by atoms with Crippen LogP contribution in [0.4, 0.5) is 0 Å². The maximum atomic E-state index is 12.3. The molecule has 0 bridgehead atoms. The van der Waals surface area contributed by atoms with E-state index >= 15 is 0 Å². The van der Waals surface area contributed by atoms with Gasteiger partial charge in [-0.25, -0.2) is 0 Å². The molecule has 0 aromatic rings. The number of thioether (sulfide) groups is 1. The van der Waals surface area contributed by atoms with Gasteiger partial charge in [-0.3, -0.25) is 9.59 Å². The first-order valence-electron chi connectivity index (χ1n) is 6.40. The Morgan fingerprint density at radius 1 is 1.22 bits per heavy atom. The van der Waals surface area contributed by atoms with Crippen LogP contribution in [0.3, 0.4) is 0 Å². The van der Waals surface area contributed by atoms with E-state index < -0.39 is 17.8 Å². The molecule has 4 nitrogen and oxygen atoms in total. The average molecular weight is 273 g/mol. The van der Waals surface area contributed by atoms with Crippen molar-refractivity contribution in [3.63, 3.8) is 0 Å². The topological polar surface area (TPSA) is 57.6 Å². The van der Waals surface area contributed by atoms with Crippen molar-refractivity contribution in [2.45, 2.75) is 38.9 Å². The molecule has 1 heterocycles. The third-order valence-electron chi connectivity index (χ3n) is 3.68. The fourth-order valence-corrected chi connectivity index (χ4v) is 3.06. The van der Waals surface area contributed by atoms with Crippen molar-refractivity contribution in [3.8, 4) is 0 Å². The first-order chi connectivity index (χ1) is 8.24. The molecule has 2 atom stereocenters. The fraction of sp³-hybridized carbons (Fsp3) is 0.846. The molecule has 0 aromatic carbocycles. The zero-order chi connectivity index (χ0) is 13.9. The highest BCUT2D eigenvalue weighted by atomic mass is 32.2. The van der Waals surface area contributed by atoms with Crippen molar-refractivity contribution >= 4 is 23.6 Å². The van der Waals surface area contributed by atoms with Crippen molar-refractivity contribution in [3.05, 3.63) is 0 Å². The Bertz CT molecular complexity index is 330. The first-order valence-corrected chi connectivity index (χ1v) is 7.39. The van der Waals surface area contributed by atoms with E-state index in [0.717, 1.165) is 25.3 Å².